The van der Waals surface area contributed by atoms with Gasteiger partial charge in [-0.2, -0.15) is 0 Å². The molecule has 0 radical (unpaired) electrons. The minimum absolute atomic E-state index is 0.0278. The van der Waals surface area contributed by atoms with Crippen molar-refractivity contribution in [2.45, 2.75) is 57.6 Å². The molecule has 1 aliphatic carbocycles. The van der Waals surface area contributed by atoms with Crippen LogP contribution in [0.3, 0.4) is 0 Å². The van der Waals surface area contributed by atoms with E-state index in [0.717, 1.165) is 19.6 Å². The highest BCUT2D eigenvalue weighted by Crippen LogP contribution is 2.38. The van der Waals surface area contributed by atoms with Crippen LogP contribution >= 0.6 is 15.9 Å². The maximum Gasteiger partial charge on any atom is 0.0837 e. The first kappa shape index (κ1) is 16.0. The van der Waals surface area contributed by atoms with Crippen LogP contribution in [0, 0.1) is 0 Å². The van der Waals surface area contributed by atoms with Crippen LogP contribution in [0.2, 0.25) is 0 Å². The molecular formula is C17H26BrNO. The van der Waals surface area contributed by atoms with Crippen LogP contribution in [0.4, 0.5) is 0 Å². The summed E-state index contributed by atoms with van der Waals surface area (Å²) < 4.78 is 7.44. The van der Waals surface area contributed by atoms with Gasteiger partial charge >= 0.3 is 0 Å². The Hall–Kier alpha value is -0.380. The summed E-state index contributed by atoms with van der Waals surface area (Å²) >= 11 is 3.67. The van der Waals surface area contributed by atoms with Gasteiger partial charge in [0.05, 0.1) is 5.60 Å². The third-order valence-corrected chi connectivity index (χ3v) is 5.12. The number of likely N-dealkylation sites (N-methyl/N-ethyl adjacent to an activating group) is 1. The van der Waals surface area contributed by atoms with Crippen molar-refractivity contribution in [2.75, 3.05) is 13.2 Å². The zero-order valence-electron chi connectivity index (χ0n) is 12.6. The molecule has 1 saturated carbocycles. The highest BCUT2D eigenvalue weighted by atomic mass is 79.9. The summed E-state index contributed by atoms with van der Waals surface area (Å²) in [7, 11) is 0. The van der Waals surface area contributed by atoms with E-state index in [0.29, 0.717) is 6.04 Å². The number of nitrogens with one attached hydrogen (secondary N) is 1. The van der Waals surface area contributed by atoms with Crippen molar-refractivity contribution < 1.29 is 4.74 Å². The molecule has 1 unspecified atom stereocenters. The quantitative estimate of drug-likeness (QED) is 0.798. The molecule has 0 amide bonds. The molecule has 0 saturated heterocycles. The van der Waals surface area contributed by atoms with Crippen LogP contribution in [-0.2, 0) is 11.2 Å². The first-order chi connectivity index (χ1) is 9.72. The zero-order valence-corrected chi connectivity index (χ0v) is 14.2. The second-order valence-corrected chi connectivity index (χ2v) is 6.47. The summed E-state index contributed by atoms with van der Waals surface area (Å²) in [6, 6.07) is 8.92. The Morgan fingerprint density at radius 3 is 2.55 bits per heavy atom. The molecule has 1 aromatic carbocycles. The average molecular weight is 340 g/mol. The molecule has 1 atom stereocenters. The van der Waals surface area contributed by atoms with E-state index in [-0.39, 0.29) is 5.60 Å². The van der Waals surface area contributed by atoms with Crippen molar-refractivity contribution in [3.05, 3.63) is 34.3 Å². The maximum atomic E-state index is 6.24. The van der Waals surface area contributed by atoms with Crippen molar-refractivity contribution in [3.63, 3.8) is 0 Å². The Morgan fingerprint density at radius 2 is 1.95 bits per heavy atom. The third kappa shape index (κ3) is 3.63. The first-order valence-electron chi connectivity index (χ1n) is 7.82. The SMILES string of the molecule is CCNC(Cc1ccccc1Br)C1(OCC)CCCC1. The molecule has 1 N–H and O–H groups in total. The van der Waals surface area contributed by atoms with Crippen LogP contribution in [-0.4, -0.2) is 24.8 Å². The van der Waals surface area contributed by atoms with Gasteiger partial charge in [-0.25, -0.2) is 0 Å². The van der Waals surface area contributed by atoms with Gasteiger partial charge in [-0.1, -0.05) is 53.9 Å². The molecule has 112 valence electrons. The van der Waals surface area contributed by atoms with E-state index in [1.165, 1.54) is 35.7 Å². The molecule has 0 aliphatic heterocycles. The summed E-state index contributed by atoms with van der Waals surface area (Å²) in [5, 5.41) is 3.68. The van der Waals surface area contributed by atoms with Crippen LogP contribution in [0.1, 0.15) is 45.1 Å². The fraction of sp³-hybridized carbons (Fsp3) is 0.647. The van der Waals surface area contributed by atoms with Gasteiger partial charge in [-0.15, -0.1) is 0 Å². The average Bonchev–Trinajstić information content (AvgIpc) is 2.91. The lowest BCUT2D eigenvalue weighted by atomic mass is 9.87. The second kappa shape index (κ2) is 7.58. The van der Waals surface area contributed by atoms with E-state index in [9.17, 15) is 0 Å². The third-order valence-electron chi connectivity index (χ3n) is 4.35. The highest BCUT2D eigenvalue weighted by molar-refractivity contribution is 9.10. The maximum absolute atomic E-state index is 6.24. The van der Waals surface area contributed by atoms with Gasteiger partial charge in [-0.3, -0.25) is 0 Å². The number of ether oxygens (including phenoxy) is 1. The number of halogens is 1. The molecule has 2 nitrogen and oxygen atoms in total. The minimum Gasteiger partial charge on any atom is -0.374 e. The van der Waals surface area contributed by atoms with Crippen LogP contribution in [0.5, 0.6) is 0 Å². The molecule has 0 spiro atoms. The standard InChI is InChI=1S/C17H26BrNO/c1-3-19-16(13-14-9-5-6-10-15(14)18)17(20-4-2)11-7-8-12-17/h5-6,9-10,16,19H,3-4,7-8,11-13H2,1-2H3. The highest BCUT2D eigenvalue weighted by Gasteiger charge is 2.41. The predicted octanol–water partition coefficient (Wildman–Crippen LogP) is 4.32. The summed E-state index contributed by atoms with van der Waals surface area (Å²) in [5.41, 5.74) is 1.39. The summed E-state index contributed by atoms with van der Waals surface area (Å²) in [4.78, 5) is 0. The Balaban J connectivity index is 2.19. The molecule has 2 rings (SSSR count). The Kier molecular flexibility index (Phi) is 6.06. The Bertz CT molecular complexity index is 415. The van der Waals surface area contributed by atoms with E-state index >= 15 is 0 Å². The summed E-state index contributed by atoms with van der Waals surface area (Å²) in [5.74, 6) is 0. The minimum atomic E-state index is 0.0278. The molecular weight excluding hydrogens is 314 g/mol. The molecule has 1 aliphatic rings. The molecule has 1 fully saturated rings. The first-order valence-corrected chi connectivity index (χ1v) is 8.62. The van der Waals surface area contributed by atoms with E-state index < -0.39 is 0 Å². The van der Waals surface area contributed by atoms with Crippen molar-refractivity contribution in [2.24, 2.45) is 0 Å². The molecule has 0 bridgehead atoms. The topological polar surface area (TPSA) is 21.3 Å². The molecule has 1 aromatic rings. The summed E-state index contributed by atoms with van der Waals surface area (Å²) in [6.07, 6.45) is 5.97. The van der Waals surface area contributed by atoms with Crippen molar-refractivity contribution in [1.82, 2.24) is 5.32 Å². The van der Waals surface area contributed by atoms with Gasteiger partial charge in [-0.05, 0) is 44.4 Å². The van der Waals surface area contributed by atoms with Gasteiger partial charge in [0.25, 0.3) is 0 Å². The van der Waals surface area contributed by atoms with Crippen molar-refractivity contribution in [1.29, 1.82) is 0 Å². The van der Waals surface area contributed by atoms with Gasteiger partial charge < -0.3 is 10.1 Å². The molecule has 0 heterocycles. The van der Waals surface area contributed by atoms with Crippen LogP contribution in [0.15, 0.2) is 28.7 Å². The predicted molar refractivity (Wildman–Crippen MR) is 88.1 cm³/mol. The number of hydrogen-bond acceptors (Lipinski definition) is 2. The largest absolute Gasteiger partial charge is 0.374 e. The Morgan fingerprint density at radius 1 is 1.25 bits per heavy atom. The van der Waals surface area contributed by atoms with Crippen molar-refractivity contribution in [3.8, 4) is 0 Å². The molecule has 3 heteroatoms. The number of benzene rings is 1. The Labute approximate surface area is 131 Å². The van der Waals surface area contributed by atoms with Gasteiger partial charge in [0.1, 0.15) is 0 Å². The van der Waals surface area contributed by atoms with Gasteiger partial charge in [0.15, 0.2) is 0 Å². The fourth-order valence-electron chi connectivity index (χ4n) is 3.43. The number of hydrogen-bond donors (Lipinski definition) is 1. The molecule has 0 aromatic heterocycles. The lowest BCUT2D eigenvalue weighted by Gasteiger charge is -2.38. The summed E-state index contributed by atoms with van der Waals surface area (Å²) in [6.45, 7) is 6.09. The van der Waals surface area contributed by atoms with E-state index in [1.807, 2.05) is 0 Å². The van der Waals surface area contributed by atoms with Crippen molar-refractivity contribution >= 4 is 15.9 Å². The second-order valence-electron chi connectivity index (χ2n) is 5.61. The zero-order chi connectivity index (χ0) is 14.4. The smallest absolute Gasteiger partial charge is 0.0837 e. The van der Waals surface area contributed by atoms with Crippen LogP contribution in [0.25, 0.3) is 0 Å². The number of rotatable bonds is 7. The monoisotopic (exact) mass is 339 g/mol. The van der Waals surface area contributed by atoms with E-state index in [2.05, 4.69) is 59.4 Å². The van der Waals surface area contributed by atoms with E-state index in [1.54, 1.807) is 0 Å². The van der Waals surface area contributed by atoms with E-state index in [4.69, 9.17) is 4.74 Å². The lowest BCUT2D eigenvalue weighted by Crippen LogP contribution is -2.52. The normalized spacial score (nSPS) is 19.1. The van der Waals surface area contributed by atoms with Gasteiger partial charge in [0, 0.05) is 17.1 Å². The fourth-order valence-corrected chi connectivity index (χ4v) is 3.88. The van der Waals surface area contributed by atoms with Crippen LogP contribution < -0.4 is 5.32 Å². The lowest BCUT2D eigenvalue weighted by molar-refractivity contribution is -0.0609. The molecule has 20 heavy (non-hydrogen) atoms. The van der Waals surface area contributed by atoms with Gasteiger partial charge in [0.2, 0.25) is 0 Å².